The van der Waals surface area contributed by atoms with E-state index in [1.54, 1.807) is 0 Å². The molecule has 4 nitrogen and oxygen atoms in total. The second kappa shape index (κ2) is 13.1. The molecule has 2 N–H and O–H groups in total. The molecule has 1 rings (SSSR count). The van der Waals surface area contributed by atoms with Crippen LogP contribution in [-0.2, 0) is 9.59 Å². The van der Waals surface area contributed by atoms with Crippen molar-refractivity contribution >= 4 is 11.9 Å². The third-order valence-electron chi connectivity index (χ3n) is 6.04. The predicted octanol–water partition coefficient (Wildman–Crippen LogP) is 7.25. The highest BCUT2D eigenvalue weighted by molar-refractivity contribution is 5.70. The van der Waals surface area contributed by atoms with Crippen LogP contribution in [0.15, 0.2) is 58.7 Å². The highest BCUT2D eigenvalue weighted by Gasteiger charge is 2.26. The number of unbranched alkanes of at least 4 members (excludes halogenated alkanes) is 1. The largest absolute Gasteiger partial charge is 0.481 e. The van der Waals surface area contributed by atoms with Crippen LogP contribution < -0.4 is 0 Å². The van der Waals surface area contributed by atoms with Crippen molar-refractivity contribution in [3.63, 3.8) is 0 Å². The molecule has 0 saturated heterocycles. The first-order chi connectivity index (χ1) is 14.5. The summed E-state index contributed by atoms with van der Waals surface area (Å²) >= 11 is 0. The summed E-state index contributed by atoms with van der Waals surface area (Å²) in [6.07, 6.45) is 18.3. The van der Waals surface area contributed by atoms with Gasteiger partial charge in [-0.25, -0.2) is 0 Å². The van der Waals surface area contributed by atoms with Crippen LogP contribution in [0.2, 0.25) is 0 Å². The number of carboxylic acid groups (broad SMARTS) is 2. The molecular formula is C27H40O4. The SMILES string of the molecule is CC(C=C/C=C(/C)C=CC1=C(C)CCCC1(C)C)=CCC(CCCCC(=O)O)C(=O)O. The van der Waals surface area contributed by atoms with Gasteiger partial charge in [-0.05, 0) is 70.3 Å². The van der Waals surface area contributed by atoms with Gasteiger partial charge in [0.2, 0.25) is 0 Å². The van der Waals surface area contributed by atoms with Gasteiger partial charge in [-0.2, -0.15) is 0 Å². The van der Waals surface area contributed by atoms with E-state index >= 15 is 0 Å². The molecule has 0 radical (unpaired) electrons. The molecule has 0 fully saturated rings. The third kappa shape index (κ3) is 10.5. The van der Waals surface area contributed by atoms with Crippen LogP contribution in [0.25, 0.3) is 0 Å². The van der Waals surface area contributed by atoms with E-state index in [1.165, 1.54) is 36.0 Å². The second-order valence-electron chi connectivity index (χ2n) is 9.39. The smallest absolute Gasteiger partial charge is 0.306 e. The summed E-state index contributed by atoms with van der Waals surface area (Å²) in [6.45, 7) is 10.9. The van der Waals surface area contributed by atoms with E-state index < -0.39 is 17.9 Å². The molecule has 0 aromatic rings. The zero-order valence-electron chi connectivity index (χ0n) is 19.9. The van der Waals surface area contributed by atoms with Gasteiger partial charge >= 0.3 is 11.9 Å². The molecule has 0 aromatic heterocycles. The van der Waals surface area contributed by atoms with Gasteiger partial charge in [0.05, 0.1) is 5.92 Å². The number of aliphatic carboxylic acids is 2. The Kier molecular flexibility index (Phi) is 11.3. The van der Waals surface area contributed by atoms with Crippen LogP contribution in [0.5, 0.6) is 0 Å². The van der Waals surface area contributed by atoms with Crippen LogP contribution in [0.1, 0.15) is 86.0 Å². The van der Waals surface area contributed by atoms with E-state index in [2.05, 4.69) is 45.9 Å². The molecule has 0 aromatic carbocycles. The van der Waals surface area contributed by atoms with Gasteiger partial charge in [0.15, 0.2) is 0 Å². The Morgan fingerprint density at radius 1 is 1.10 bits per heavy atom. The standard InChI is InChI=1S/C27H40O4/c1-20(15-17-23(26(30)31)13-6-7-14-25(28)29)10-8-11-21(2)16-18-24-22(3)12-9-19-27(24,4)5/h8,10-11,15-16,18,23H,6-7,9,12-14,17,19H2,1-5H3,(H,28,29)(H,30,31)/b10-8?,18-16?,20-15?,21-11-. The summed E-state index contributed by atoms with van der Waals surface area (Å²) in [4.78, 5) is 22.0. The molecule has 0 saturated carbocycles. The minimum absolute atomic E-state index is 0.0957. The van der Waals surface area contributed by atoms with Gasteiger partial charge < -0.3 is 10.2 Å². The minimum atomic E-state index is -0.833. The molecule has 0 heterocycles. The quantitative estimate of drug-likeness (QED) is 0.253. The molecular weight excluding hydrogens is 388 g/mol. The Balaban J connectivity index is 2.62. The molecule has 0 bridgehead atoms. The lowest BCUT2D eigenvalue weighted by atomic mass is 9.72. The number of carboxylic acids is 2. The van der Waals surface area contributed by atoms with Crippen molar-refractivity contribution in [3.8, 4) is 0 Å². The number of carbonyl (C=O) groups is 2. The Morgan fingerprint density at radius 3 is 2.42 bits per heavy atom. The molecule has 1 unspecified atom stereocenters. The van der Waals surface area contributed by atoms with E-state index in [-0.39, 0.29) is 11.8 Å². The Labute approximate surface area is 188 Å². The third-order valence-corrected chi connectivity index (χ3v) is 6.04. The maximum Gasteiger partial charge on any atom is 0.306 e. The van der Waals surface area contributed by atoms with Crippen molar-refractivity contribution < 1.29 is 19.8 Å². The summed E-state index contributed by atoms with van der Waals surface area (Å²) in [6, 6.07) is 0. The zero-order valence-corrected chi connectivity index (χ0v) is 19.9. The maximum atomic E-state index is 11.4. The van der Waals surface area contributed by atoms with Crippen LogP contribution in [0.4, 0.5) is 0 Å². The van der Waals surface area contributed by atoms with Gasteiger partial charge in [-0.15, -0.1) is 0 Å². The van der Waals surface area contributed by atoms with Gasteiger partial charge in [-0.1, -0.05) is 73.4 Å². The molecule has 0 spiro atoms. The van der Waals surface area contributed by atoms with Gasteiger partial charge in [-0.3, -0.25) is 9.59 Å². The first kappa shape index (κ1) is 26.7. The van der Waals surface area contributed by atoms with E-state index in [0.717, 1.165) is 5.57 Å². The highest BCUT2D eigenvalue weighted by atomic mass is 16.4. The first-order valence-electron chi connectivity index (χ1n) is 11.4. The number of rotatable bonds is 12. The average molecular weight is 429 g/mol. The van der Waals surface area contributed by atoms with Crippen LogP contribution in [0, 0.1) is 11.3 Å². The fraction of sp³-hybridized carbons (Fsp3) is 0.556. The van der Waals surface area contributed by atoms with Gasteiger partial charge in [0.25, 0.3) is 0 Å². The zero-order chi connectivity index (χ0) is 23.4. The van der Waals surface area contributed by atoms with E-state index in [9.17, 15) is 14.7 Å². The van der Waals surface area contributed by atoms with E-state index in [4.69, 9.17) is 5.11 Å². The molecule has 172 valence electrons. The van der Waals surface area contributed by atoms with E-state index in [0.29, 0.717) is 25.7 Å². The highest BCUT2D eigenvalue weighted by Crippen LogP contribution is 2.40. The maximum absolute atomic E-state index is 11.4. The van der Waals surface area contributed by atoms with Crippen molar-refractivity contribution in [1.82, 2.24) is 0 Å². The lowest BCUT2D eigenvalue weighted by Gasteiger charge is -2.32. The van der Waals surface area contributed by atoms with Crippen molar-refractivity contribution in [2.75, 3.05) is 0 Å². The molecule has 1 aliphatic carbocycles. The first-order valence-corrected chi connectivity index (χ1v) is 11.4. The molecule has 0 aliphatic heterocycles. The van der Waals surface area contributed by atoms with Crippen molar-refractivity contribution in [3.05, 3.63) is 58.7 Å². The van der Waals surface area contributed by atoms with Crippen LogP contribution in [0.3, 0.4) is 0 Å². The van der Waals surface area contributed by atoms with Gasteiger partial charge in [0, 0.05) is 6.42 Å². The normalized spacial score (nSPS) is 18.7. The fourth-order valence-corrected chi connectivity index (χ4v) is 4.04. The topological polar surface area (TPSA) is 74.6 Å². The summed E-state index contributed by atoms with van der Waals surface area (Å²) < 4.78 is 0. The Bertz CT molecular complexity index is 775. The molecule has 31 heavy (non-hydrogen) atoms. The summed E-state index contributed by atoms with van der Waals surface area (Å²) in [7, 11) is 0. The number of allylic oxidation sites excluding steroid dienone is 10. The summed E-state index contributed by atoms with van der Waals surface area (Å²) in [5, 5.41) is 18.1. The lowest BCUT2D eigenvalue weighted by Crippen LogP contribution is -2.19. The molecule has 0 amide bonds. The summed E-state index contributed by atoms with van der Waals surface area (Å²) in [5.74, 6) is -2.12. The number of hydrogen-bond acceptors (Lipinski definition) is 2. The van der Waals surface area contributed by atoms with Crippen LogP contribution in [-0.4, -0.2) is 22.2 Å². The Hall–Kier alpha value is -2.36. The monoisotopic (exact) mass is 428 g/mol. The second-order valence-corrected chi connectivity index (χ2v) is 9.39. The van der Waals surface area contributed by atoms with Crippen LogP contribution >= 0.6 is 0 Å². The average Bonchev–Trinajstić information content (AvgIpc) is 2.65. The van der Waals surface area contributed by atoms with Crippen molar-refractivity contribution in [1.29, 1.82) is 0 Å². The molecule has 1 aliphatic rings. The number of hydrogen-bond donors (Lipinski definition) is 2. The van der Waals surface area contributed by atoms with Gasteiger partial charge in [0.1, 0.15) is 0 Å². The summed E-state index contributed by atoms with van der Waals surface area (Å²) in [5.41, 5.74) is 5.38. The van der Waals surface area contributed by atoms with Crippen molar-refractivity contribution in [2.45, 2.75) is 86.0 Å². The molecule has 1 atom stereocenters. The van der Waals surface area contributed by atoms with Crippen molar-refractivity contribution in [2.24, 2.45) is 11.3 Å². The Morgan fingerprint density at radius 2 is 1.81 bits per heavy atom. The van der Waals surface area contributed by atoms with E-state index in [1.807, 2.05) is 25.2 Å². The molecule has 4 heteroatoms. The minimum Gasteiger partial charge on any atom is -0.481 e. The predicted molar refractivity (Wildman–Crippen MR) is 128 cm³/mol. The fourth-order valence-electron chi connectivity index (χ4n) is 4.04. The lowest BCUT2D eigenvalue weighted by molar-refractivity contribution is -0.141.